The molecule has 9 aromatic rings. The summed E-state index contributed by atoms with van der Waals surface area (Å²) in [6.07, 6.45) is 9.71. The Morgan fingerprint density at radius 2 is 1.10 bits per heavy atom. The molecule has 1 aliphatic heterocycles. The number of para-hydroxylation sites is 2. The van der Waals surface area contributed by atoms with Crippen LogP contribution in [0.5, 0.6) is 11.5 Å². The van der Waals surface area contributed by atoms with Crippen molar-refractivity contribution >= 4 is 31.5 Å². The standard InChI is InChI=1S/C57H43N3OS/c1-4-14-45-40(10-1)41-11-2-5-15-46(41)57(45)47-16-6-7-18-49(47)61-52-43(13-9-17-48(52)57)55-59-53(58-54(60-55)38-22-25-51-44(31-38)42-12-3-8-19-50(42)62-51)37-20-23-39(24-21-37)56-27-26-34(32-56)28-35-29-36(30-35)33-56/h1-25,31,34-36H,26-30,32-33H2/t34-,35?,36?,56?/m1/s1. The van der Waals surface area contributed by atoms with Gasteiger partial charge in [-0.1, -0.05) is 121 Å². The second-order valence-corrected chi connectivity index (χ2v) is 19.9. The number of hydrogen-bond acceptors (Lipinski definition) is 5. The summed E-state index contributed by atoms with van der Waals surface area (Å²) >= 11 is 1.83. The van der Waals surface area contributed by atoms with E-state index in [0.29, 0.717) is 22.9 Å². The van der Waals surface area contributed by atoms with E-state index >= 15 is 0 Å². The lowest BCUT2D eigenvalue weighted by Crippen LogP contribution is -2.36. The van der Waals surface area contributed by atoms with Gasteiger partial charge in [0, 0.05) is 42.4 Å². The molecule has 62 heavy (non-hydrogen) atoms. The van der Waals surface area contributed by atoms with E-state index in [0.717, 1.165) is 57.1 Å². The number of ether oxygens (including phenoxy) is 1. The Kier molecular flexibility index (Phi) is 7.40. The monoisotopic (exact) mass is 817 g/mol. The van der Waals surface area contributed by atoms with Crippen LogP contribution in [0.1, 0.15) is 72.8 Å². The van der Waals surface area contributed by atoms with Crippen LogP contribution in [0.2, 0.25) is 0 Å². The number of rotatable bonds is 4. The number of fused-ring (bicyclic) bond motifs is 12. The highest BCUT2D eigenvalue weighted by molar-refractivity contribution is 7.25. The van der Waals surface area contributed by atoms with Gasteiger partial charge in [0.15, 0.2) is 17.5 Å². The lowest BCUT2D eigenvalue weighted by Gasteiger charge is -2.45. The van der Waals surface area contributed by atoms with Gasteiger partial charge < -0.3 is 4.74 Å². The molecule has 4 nitrogen and oxygen atoms in total. The second kappa shape index (κ2) is 13.0. The van der Waals surface area contributed by atoms with Gasteiger partial charge in [-0.3, -0.25) is 0 Å². The van der Waals surface area contributed by atoms with Gasteiger partial charge in [-0.05, 0) is 132 Å². The molecule has 6 aliphatic rings. The van der Waals surface area contributed by atoms with Crippen molar-refractivity contribution < 1.29 is 4.74 Å². The van der Waals surface area contributed by atoms with Gasteiger partial charge in [-0.15, -0.1) is 11.3 Å². The van der Waals surface area contributed by atoms with Crippen LogP contribution >= 0.6 is 11.3 Å². The lowest BCUT2D eigenvalue weighted by atomic mass is 9.60. The highest BCUT2D eigenvalue weighted by Gasteiger charge is 2.52. The third-order valence-corrected chi connectivity index (χ3v) is 16.7. The lowest BCUT2D eigenvalue weighted by molar-refractivity contribution is 0.101. The summed E-state index contributed by atoms with van der Waals surface area (Å²) in [5.41, 5.74) is 11.3. The maximum absolute atomic E-state index is 7.11. The van der Waals surface area contributed by atoms with E-state index in [-0.39, 0.29) is 0 Å². The van der Waals surface area contributed by atoms with Crippen LogP contribution in [0, 0.1) is 17.8 Å². The minimum absolute atomic E-state index is 0.303. The first kappa shape index (κ1) is 35.2. The van der Waals surface area contributed by atoms with Crippen molar-refractivity contribution in [3.05, 3.63) is 186 Å². The number of benzene rings is 7. The highest BCUT2D eigenvalue weighted by Crippen LogP contribution is 2.63. The Balaban J connectivity index is 0.966. The molecule has 0 saturated heterocycles. The predicted molar refractivity (Wildman–Crippen MR) is 251 cm³/mol. The third kappa shape index (κ3) is 4.97. The zero-order chi connectivity index (χ0) is 40.6. The molecule has 0 radical (unpaired) electrons. The molecule has 3 heterocycles. The molecule has 1 spiro atoms. The zero-order valence-corrected chi connectivity index (χ0v) is 35.2. The van der Waals surface area contributed by atoms with Crippen molar-refractivity contribution in [2.75, 3.05) is 0 Å². The van der Waals surface area contributed by atoms with Crippen LogP contribution in [0.4, 0.5) is 0 Å². The summed E-state index contributed by atoms with van der Waals surface area (Å²) in [5, 5.41) is 2.48. The fourth-order valence-electron chi connectivity index (χ4n) is 12.9. The van der Waals surface area contributed by atoms with E-state index in [2.05, 4.69) is 158 Å². The second-order valence-electron chi connectivity index (χ2n) is 18.8. The Bertz CT molecular complexity index is 3260. The van der Waals surface area contributed by atoms with Crippen LogP contribution in [0.25, 0.3) is 65.5 Å². The molecular weight excluding hydrogens is 775 g/mol. The average Bonchev–Trinajstić information content (AvgIpc) is 4.01. The van der Waals surface area contributed by atoms with Crippen LogP contribution in [-0.2, 0) is 10.8 Å². The Morgan fingerprint density at radius 1 is 0.484 bits per heavy atom. The van der Waals surface area contributed by atoms with Crippen LogP contribution in [0.15, 0.2) is 158 Å². The molecule has 5 heteroatoms. The first-order chi connectivity index (χ1) is 30.6. The number of nitrogens with zero attached hydrogens (tertiary/aromatic N) is 3. The first-order valence-corrected chi connectivity index (χ1v) is 23.3. The van der Waals surface area contributed by atoms with Crippen molar-refractivity contribution in [2.45, 2.75) is 55.8 Å². The molecule has 1 unspecified atom stereocenters. The van der Waals surface area contributed by atoms with Gasteiger partial charge in [0.1, 0.15) is 11.5 Å². The quantitative estimate of drug-likeness (QED) is 0.177. The van der Waals surface area contributed by atoms with Crippen molar-refractivity contribution in [2.24, 2.45) is 17.8 Å². The van der Waals surface area contributed by atoms with Gasteiger partial charge in [0.05, 0.1) is 11.0 Å². The fraction of sp³-hybridized carbons (Fsp3) is 0.211. The predicted octanol–water partition coefficient (Wildman–Crippen LogP) is 14.6. The fourth-order valence-corrected chi connectivity index (χ4v) is 14.0. The molecule has 15 rings (SSSR count). The first-order valence-electron chi connectivity index (χ1n) is 22.5. The van der Waals surface area contributed by atoms with Crippen molar-refractivity contribution in [1.29, 1.82) is 0 Å². The van der Waals surface area contributed by atoms with Crippen molar-refractivity contribution in [1.82, 2.24) is 15.0 Å². The molecule has 2 aromatic heterocycles. The maximum atomic E-state index is 7.11. The summed E-state index contributed by atoms with van der Waals surface area (Å²) in [4.78, 5) is 16.1. The van der Waals surface area contributed by atoms with E-state index in [1.807, 2.05) is 11.3 Å². The third-order valence-electron chi connectivity index (χ3n) is 15.5. The van der Waals surface area contributed by atoms with E-state index < -0.39 is 5.41 Å². The summed E-state index contributed by atoms with van der Waals surface area (Å²) in [5.74, 6) is 6.32. The van der Waals surface area contributed by atoms with Gasteiger partial charge in [0.25, 0.3) is 0 Å². The molecule has 298 valence electrons. The number of thiophene rings is 1. The minimum Gasteiger partial charge on any atom is -0.456 e. The molecule has 5 aliphatic carbocycles. The molecule has 7 aromatic carbocycles. The summed E-state index contributed by atoms with van der Waals surface area (Å²) in [7, 11) is 0. The van der Waals surface area contributed by atoms with Gasteiger partial charge >= 0.3 is 0 Å². The topological polar surface area (TPSA) is 47.9 Å². The van der Waals surface area contributed by atoms with Crippen LogP contribution in [0.3, 0.4) is 0 Å². The minimum atomic E-state index is -0.580. The Hall–Kier alpha value is -6.43. The average molecular weight is 818 g/mol. The van der Waals surface area contributed by atoms with Crippen LogP contribution in [-0.4, -0.2) is 15.0 Å². The highest BCUT2D eigenvalue weighted by atomic mass is 32.1. The molecule has 4 saturated carbocycles. The molecule has 0 N–H and O–H groups in total. The number of hydrogen-bond donors (Lipinski definition) is 0. The van der Waals surface area contributed by atoms with Gasteiger partial charge in [0.2, 0.25) is 0 Å². The molecule has 4 bridgehead atoms. The molecule has 2 atom stereocenters. The summed E-state index contributed by atoms with van der Waals surface area (Å²) < 4.78 is 9.65. The summed E-state index contributed by atoms with van der Waals surface area (Å²) in [6, 6.07) is 57.6. The largest absolute Gasteiger partial charge is 0.456 e. The van der Waals surface area contributed by atoms with E-state index in [1.165, 1.54) is 92.9 Å². The SMILES string of the molecule is c1ccc2c(c1)Oc1c(-c3nc(-c4ccc(C56CC[C@H](CC7CC(C7)C5)C6)cc4)nc(-c4ccc5sc6ccccc6c5c4)n3)cccc1C21c2ccccc2-c2ccccc21. The molecular formula is C57H43N3OS. The maximum Gasteiger partial charge on any atom is 0.167 e. The van der Waals surface area contributed by atoms with Crippen molar-refractivity contribution in [3.8, 4) is 56.8 Å². The normalized spacial score (nSPS) is 22.2. The zero-order valence-electron chi connectivity index (χ0n) is 34.4. The van der Waals surface area contributed by atoms with E-state index in [9.17, 15) is 0 Å². The summed E-state index contributed by atoms with van der Waals surface area (Å²) in [6.45, 7) is 0. The van der Waals surface area contributed by atoms with Gasteiger partial charge in [-0.25, -0.2) is 15.0 Å². The molecule has 4 fully saturated rings. The van der Waals surface area contributed by atoms with E-state index in [4.69, 9.17) is 19.7 Å². The van der Waals surface area contributed by atoms with Crippen molar-refractivity contribution in [3.63, 3.8) is 0 Å². The van der Waals surface area contributed by atoms with Crippen LogP contribution < -0.4 is 4.74 Å². The Labute approximate surface area is 365 Å². The smallest absolute Gasteiger partial charge is 0.167 e. The molecule has 0 amide bonds. The number of aromatic nitrogens is 3. The van der Waals surface area contributed by atoms with E-state index in [1.54, 1.807) is 0 Å². The van der Waals surface area contributed by atoms with Gasteiger partial charge in [-0.2, -0.15) is 0 Å². The Morgan fingerprint density at radius 3 is 1.92 bits per heavy atom.